The lowest BCUT2D eigenvalue weighted by Gasteiger charge is -2.08. The van der Waals surface area contributed by atoms with Crippen LogP contribution in [0, 0.1) is 6.92 Å². The molecule has 0 spiro atoms. The van der Waals surface area contributed by atoms with Gasteiger partial charge in [0.1, 0.15) is 0 Å². The van der Waals surface area contributed by atoms with Crippen molar-refractivity contribution in [3.8, 4) is 0 Å². The van der Waals surface area contributed by atoms with E-state index in [1.165, 1.54) is 5.56 Å². The minimum absolute atomic E-state index is 0.0953. The summed E-state index contributed by atoms with van der Waals surface area (Å²) in [6, 6.07) is 22.4. The Labute approximate surface area is 154 Å². The average Bonchev–Trinajstić information content (AvgIpc) is 2.66. The van der Waals surface area contributed by atoms with Gasteiger partial charge in [-0.3, -0.25) is 4.79 Å². The first-order valence-electron chi connectivity index (χ1n) is 9.06. The van der Waals surface area contributed by atoms with Crippen LogP contribution < -0.4 is 5.43 Å². The van der Waals surface area contributed by atoms with Crippen LogP contribution in [0.2, 0.25) is 0 Å². The van der Waals surface area contributed by atoms with Crippen molar-refractivity contribution >= 4 is 22.4 Å². The lowest BCUT2D eigenvalue weighted by molar-refractivity contribution is -0.120. The van der Waals surface area contributed by atoms with Gasteiger partial charge in [0, 0.05) is 0 Å². The lowest BCUT2D eigenvalue weighted by Crippen LogP contribution is -2.22. The molecule has 0 atom stereocenters. The maximum Gasteiger partial charge on any atom is 0.244 e. The molecule has 0 saturated carbocycles. The Morgan fingerprint density at radius 3 is 2.46 bits per heavy atom. The van der Waals surface area contributed by atoms with Gasteiger partial charge in [-0.1, -0.05) is 85.6 Å². The highest BCUT2D eigenvalue weighted by atomic mass is 16.2. The zero-order valence-electron chi connectivity index (χ0n) is 15.3. The summed E-state index contributed by atoms with van der Waals surface area (Å²) in [4.78, 5) is 12.4. The maximum absolute atomic E-state index is 12.4. The van der Waals surface area contributed by atoms with Crippen molar-refractivity contribution in [2.24, 2.45) is 5.10 Å². The number of benzene rings is 3. The lowest BCUT2D eigenvalue weighted by atomic mass is 10.0. The summed E-state index contributed by atoms with van der Waals surface area (Å²) in [6.07, 6.45) is 2.13. The highest BCUT2D eigenvalue weighted by molar-refractivity contribution is 6.01. The van der Waals surface area contributed by atoms with Crippen LogP contribution in [0.1, 0.15) is 36.5 Å². The van der Waals surface area contributed by atoms with Crippen LogP contribution in [-0.4, -0.2) is 11.6 Å². The Morgan fingerprint density at radius 1 is 0.962 bits per heavy atom. The number of hydrogen-bond donors (Lipinski definition) is 1. The molecule has 0 bridgehead atoms. The van der Waals surface area contributed by atoms with Crippen molar-refractivity contribution in [3.05, 3.63) is 83.4 Å². The highest BCUT2D eigenvalue weighted by Crippen LogP contribution is 2.18. The molecule has 0 fully saturated rings. The first-order valence-corrected chi connectivity index (χ1v) is 9.06. The van der Waals surface area contributed by atoms with Crippen LogP contribution in [0.3, 0.4) is 0 Å². The number of hydrogen-bond acceptors (Lipinski definition) is 2. The van der Waals surface area contributed by atoms with Crippen LogP contribution in [0.4, 0.5) is 0 Å². The van der Waals surface area contributed by atoms with Gasteiger partial charge in [0.2, 0.25) is 5.91 Å². The molecule has 26 heavy (non-hydrogen) atoms. The Morgan fingerprint density at radius 2 is 1.69 bits per heavy atom. The normalized spacial score (nSPS) is 11.5. The monoisotopic (exact) mass is 344 g/mol. The van der Waals surface area contributed by atoms with Gasteiger partial charge < -0.3 is 0 Å². The number of amides is 1. The summed E-state index contributed by atoms with van der Waals surface area (Å²) in [5.41, 5.74) is 6.95. The second-order valence-corrected chi connectivity index (χ2v) is 6.52. The van der Waals surface area contributed by atoms with Gasteiger partial charge in [-0.05, 0) is 35.2 Å². The van der Waals surface area contributed by atoms with Crippen molar-refractivity contribution in [2.45, 2.75) is 33.1 Å². The predicted octanol–water partition coefficient (Wildman–Crippen LogP) is 5.01. The van der Waals surface area contributed by atoms with Crippen LogP contribution >= 0.6 is 0 Å². The standard InChI is InChI=1S/C23H24N2O/c1-3-7-22(19-14-12-17(2)13-15-19)24-25-23(26)16-20-10-6-9-18-8-4-5-11-21(18)20/h4-6,8-15H,3,7,16H2,1-2H3,(H,25,26)/b24-22+. The number of nitrogens with one attached hydrogen (secondary N) is 1. The summed E-state index contributed by atoms with van der Waals surface area (Å²) in [7, 11) is 0. The fourth-order valence-corrected chi connectivity index (χ4v) is 3.04. The molecule has 1 N–H and O–H groups in total. The van der Waals surface area contributed by atoms with E-state index in [2.05, 4.69) is 66.8 Å². The van der Waals surface area contributed by atoms with E-state index in [9.17, 15) is 4.79 Å². The molecule has 0 unspecified atom stereocenters. The summed E-state index contributed by atoms with van der Waals surface area (Å²) in [6.45, 7) is 4.17. The van der Waals surface area contributed by atoms with Gasteiger partial charge in [0.05, 0.1) is 12.1 Å². The van der Waals surface area contributed by atoms with E-state index in [4.69, 9.17) is 0 Å². The third kappa shape index (κ3) is 4.37. The molecular weight excluding hydrogens is 320 g/mol. The van der Waals surface area contributed by atoms with Crippen molar-refractivity contribution in [1.29, 1.82) is 0 Å². The molecule has 0 aliphatic rings. The molecular formula is C23H24N2O. The number of carbonyl (C=O) groups is 1. The van der Waals surface area contributed by atoms with Crippen LogP contribution in [-0.2, 0) is 11.2 Å². The van der Waals surface area contributed by atoms with Crippen LogP contribution in [0.25, 0.3) is 10.8 Å². The van der Waals surface area contributed by atoms with E-state index >= 15 is 0 Å². The largest absolute Gasteiger partial charge is 0.273 e. The second kappa shape index (κ2) is 8.43. The molecule has 0 aromatic heterocycles. The molecule has 3 heteroatoms. The maximum atomic E-state index is 12.4. The molecule has 3 aromatic rings. The molecule has 132 valence electrons. The average molecular weight is 344 g/mol. The summed E-state index contributed by atoms with van der Waals surface area (Å²) >= 11 is 0. The summed E-state index contributed by atoms with van der Waals surface area (Å²) in [5.74, 6) is -0.0953. The molecule has 0 radical (unpaired) electrons. The van der Waals surface area contributed by atoms with E-state index in [0.717, 1.165) is 40.5 Å². The first kappa shape index (κ1) is 17.9. The zero-order chi connectivity index (χ0) is 18.4. The minimum Gasteiger partial charge on any atom is -0.273 e. The third-order valence-electron chi connectivity index (χ3n) is 4.42. The number of rotatable bonds is 6. The molecule has 0 saturated heterocycles. The van der Waals surface area contributed by atoms with Crippen molar-refractivity contribution < 1.29 is 4.79 Å². The molecule has 0 heterocycles. The molecule has 3 aromatic carbocycles. The topological polar surface area (TPSA) is 41.5 Å². The number of hydrazone groups is 1. The van der Waals surface area contributed by atoms with Gasteiger partial charge in [-0.15, -0.1) is 0 Å². The molecule has 0 aliphatic carbocycles. The third-order valence-corrected chi connectivity index (χ3v) is 4.42. The van der Waals surface area contributed by atoms with Gasteiger partial charge in [0.25, 0.3) is 0 Å². The van der Waals surface area contributed by atoms with E-state index in [-0.39, 0.29) is 5.91 Å². The fraction of sp³-hybridized carbons (Fsp3) is 0.217. The zero-order valence-corrected chi connectivity index (χ0v) is 15.3. The Kier molecular flexibility index (Phi) is 5.80. The first-order chi connectivity index (χ1) is 12.7. The number of carbonyl (C=O) groups excluding carboxylic acids is 1. The molecule has 0 aliphatic heterocycles. The predicted molar refractivity (Wildman–Crippen MR) is 108 cm³/mol. The Balaban J connectivity index is 1.75. The van der Waals surface area contributed by atoms with Gasteiger partial charge in [-0.25, -0.2) is 5.43 Å². The SMILES string of the molecule is CCC/C(=N\NC(=O)Cc1cccc2ccccc12)c1ccc(C)cc1. The molecule has 3 nitrogen and oxygen atoms in total. The van der Waals surface area contributed by atoms with Gasteiger partial charge in [-0.2, -0.15) is 5.10 Å². The van der Waals surface area contributed by atoms with Crippen LogP contribution in [0.15, 0.2) is 71.8 Å². The number of nitrogens with zero attached hydrogens (tertiary/aromatic N) is 1. The van der Waals surface area contributed by atoms with E-state index < -0.39 is 0 Å². The van der Waals surface area contributed by atoms with Crippen molar-refractivity contribution in [1.82, 2.24) is 5.43 Å². The number of aryl methyl sites for hydroxylation is 1. The quantitative estimate of drug-likeness (QED) is 0.495. The fourth-order valence-electron chi connectivity index (χ4n) is 3.04. The second-order valence-electron chi connectivity index (χ2n) is 6.52. The summed E-state index contributed by atoms with van der Waals surface area (Å²) < 4.78 is 0. The molecule has 3 rings (SSSR count). The van der Waals surface area contributed by atoms with Crippen LogP contribution in [0.5, 0.6) is 0 Å². The van der Waals surface area contributed by atoms with E-state index in [1.807, 2.05) is 24.3 Å². The van der Waals surface area contributed by atoms with Crippen molar-refractivity contribution in [2.75, 3.05) is 0 Å². The Hall–Kier alpha value is -2.94. The Bertz CT molecular complexity index is 921. The molecule has 1 amide bonds. The number of fused-ring (bicyclic) bond motifs is 1. The minimum atomic E-state index is -0.0953. The summed E-state index contributed by atoms with van der Waals surface area (Å²) in [5, 5.41) is 6.67. The van der Waals surface area contributed by atoms with Gasteiger partial charge in [0.15, 0.2) is 0 Å². The van der Waals surface area contributed by atoms with E-state index in [0.29, 0.717) is 6.42 Å². The smallest absolute Gasteiger partial charge is 0.244 e. The van der Waals surface area contributed by atoms with Gasteiger partial charge >= 0.3 is 0 Å². The van der Waals surface area contributed by atoms with Crippen molar-refractivity contribution in [3.63, 3.8) is 0 Å². The highest BCUT2D eigenvalue weighted by Gasteiger charge is 2.08. The van der Waals surface area contributed by atoms with E-state index in [1.54, 1.807) is 0 Å².